The number of likely N-dealkylation sites (tertiary alicyclic amines) is 1. The van der Waals surface area contributed by atoms with E-state index < -0.39 is 6.17 Å². The van der Waals surface area contributed by atoms with Crippen LogP contribution in [-0.4, -0.2) is 72.3 Å². The summed E-state index contributed by atoms with van der Waals surface area (Å²) in [7, 11) is 0. The van der Waals surface area contributed by atoms with E-state index in [1.807, 2.05) is 23.1 Å². The van der Waals surface area contributed by atoms with Crippen molar-refractivity contribution in [1.82, 2.24) is 14.8 Å². The number of morpholine rings is 1. The first kappa shape index (κ1) is 15.4. The summed E-state index contributed by atoms with van der Waals surface area (Å²) in [4.78, 5) is 20.7. The monoisotopic (exact) mass is 307 g/mol. The van der Waals surface area contributed by atoms with Crippen molar-refractivity contribution in [3.05, 3.63) is 30.1 Å². The van der Waals surface area contributed by atoms with Gasteiger partial charge in [0.05, 0.1) is 19.3 Å². The highest BCUT2D eigenvalue weighted by Gasteiger charge is 2.38. The van der Waals surface area contributed by atoms with Gasteiger partial charge in [-0.3, -0.25) is 14.7 Å². The number of amides is 1. The van der Waals surface area contributed by atoms with E-state index in [1.165, 1.54) is 0 Å². The molecule has 0 bridgehead atoms. The van der Waals surface area contributed by atoms with Gasteiger partial charge in [0.1, 0.15) is 6.17 Å². The maximum absolute atomic E-state index is 13.8. The normalized spacial score (nSPS) is 26.3. The minimum Gasteiger partial charge on any atom is -0.378 e. The van der Waals surface area contributed by atoms with Crippen molar-refractivity contribution < 1.29 is 13.9 Å². The molecule has 0 aliphatic carbocycles. The molecule has 5 nitrogen and oxygen atoms in total. The molecule has 2 aliphatic rings. The van der Waals surface area contributed by atoms with Crippen LogP contribution in [0.3, 0.4) is 0 Å². The largest absolute Gasteiger partial charge is 0.378 e. The molecular formula is C16H22FN3O2. The average molecular weight is 307 g/mol. The third-order valence-electron chi connectivity index (χ3n) is 4.34. The van der Waals surface area contributed by atoms with E-state index in [1.54, 1.807) is 11.1 Å². The van der Waals surface area contributed by atoms with Gasteiger partial charge in [-0.25, -0.2) is 4.39 Å². The molecule has 22 heavy (non-hydrogen) atoms. The molecule has 6 heteroatoms. The standard InChI is InChI=1S/C16H22FN3O2/c17-13-11-15(16(21)19-7-9-22-10-8-19)20(12-13)6-4-14-3-1-2-5-18-14/h1-3,5,13,15H,4,6-12H2/t13-,15+/m1/s1. The summed E-state index contributed by atoms with van der Waals surface area (Å²) in [5.41, 5.74) is 0.974. The fourth-order valence-electron chi connectivity index (χ4n) is 3.15. The van der Waals surface area contributed by atoms with Crippen LogP contribution in [0.5, 0.6) is 0 Å². The van der Waals surface area contributed by atoms with Crippen LogP contribution < -0.4 is 0 Å². The number of nitrogens with zero attached hydrogens (tertiary/aromatic N) is 3. The maximum Gasteiger partial charge on any atom is 0.240 e. The first-order valence-corrected chi connectivity index (χ1v) is 7.88. The van der Waals surface area contributed by atoms with E-state index in [0.29, 0.717) is 45.8 Å². The minimum absolute atomic E-state index is 0.0458. The third-order valence-corrected chi connectivity index (χ3v) is 4.34. The summed E-state index contributed by atoms with van der Waals surface area (Å²) in [5.74, 6) is 0.0458. The molecule has 1 aromatic heterocycles. The molecule has 0 spiro atoms. The van der Waals surface area contributed by atoms with E-state index in [-0.39, 0.29) is 11.9 Å². The molecular weight excluding hydrogens is 285 g/mol. The van der Waals surface area contributed by atoms with Crippen LogP contribution in [-0.2, 0) is 16.0 Å². The molecule has 120 valence electrons. The molecule has 2 saturated heterocycles. The number of carbonyl (C=O) groups excluding carboxylic acids is 1. The zero-order valence-electron chi connectivity index (χ0n) is 12.7. The van der Waals surface area contributed by atoms with Gasteiger partial charge in [0, 0.05) is 50.9 Å². The Labute approximate surface area is 130 Å². The van der Waals surface area contributed by atoms with Crippen LogP contribution in [0.25, 0.3) is 0 Å². The van der Waals surface area contributed by atoms with Gasteiger partial charge < -0.3 is 9.64 Å². The number of hydrogen-bond donors (Lipinski definition) is 0. The molecule has 3 rings (SSSR count). The van der Waals surface area contributed by atoms with Gasteiger partial charge in [-0.05, 0) is 12.1 Å². The second-order valence-corrected chi connectivity index (χ2v) is 5.85. The first-order chi connectivity index (χ1) is 10.7. The highest BCUT2D eigenvalue weighted by atomic mass is 19.1. The zero-order chi connectivity index (χ0) is 15.4. The lowest BCUT2D eigenvalue weighted by atomic mass is 10.1. The van der Waals surface area contributed by atoms with E-state index in [2.05, 4.69) is 4.98 Å². The maximum atomic E-state index is 13.8. The summed E-state index contributed by atoms with van der Waals surface area (Å²) < 4.78 is 19.1. The summed E-state index contributed by atoms with van der Waals surface area (Å²) >= 11 is 0. The van der Waals surface area contributed by atoms with Gasteiger partial charge in [0.15, 0.2) is 0 Å². The highest BCUT2D eigenvalue weighted by molar-refractivity contribution is 5.82. The number of pyridine rings is 1. The number of alkyl halides is 1. The van der Waals surface area contributed by atoms with Crippen molar-refractivity contribution in [1.29, 1.82) is 0 Å². The molecule has 0 radical (unpaired) electrons. The molecule has 0 N–H and O–H groups in total. The Balaban J connectivity index is 1.60. The topological polar surface area (TPSA) is 45.7 Å². The van der Waals surface area contributed by atoms with Crippen molar-refractivity contribution >= 4 is 5.91 Å². The minimum atomic E-state index is -0.918. The van der Waals surface area contributed by atoms with Crippen molar-refractivity contribution in [3.63, 3.8) is 0 Å². The summed E-state index contributed by atoms with van der Waals surface area (Å²) in [5, 5.41) is 0. The fourth-order valence-corrected chi connectivity index (χ4v) is 3.15. The molecule has 2 aliphatic heterocycles. The molecule has 1 amide bonds. The molecule has 2 fully saturated rings. The Hall–Kier alpha value is -1.53. The van der Waals surface area contributed by atoms with Crippen LogP contribution in [0.2, 0.25) is 0 Å². The molecule has 0 unspecified atom stereocenters. The highest BCUT2D eigenvalue weighted by Crippen LogP contribution is 2.23. The van der Waals surface area contributed by atoms with Gasteiger partial charge >= 0.3 is 0 Å². The van der Waals surface area contributed by atoms with Gasteiger partial charge in [-0.2, -0.15) is 0 Å². The molecule has 1 aromatic rings. The lowest BCUT2D eigenvalue weighted by molar-refractivity contribution is -0.140. The molecule has 0 saturated carbocycles. The predicted molar refractivity (Wildman–Crippen MR) is 80.2 cm³/mol. The van der Waals surface area contributed by atoms with E-state index in [9.17, 15) is 9.18 Å². The number of carbonyl (C=O) groups is 1. The van der Waals surface area contributed by atoms with E-state index >= 15 is 0 Å². The first-order valence-electron chi connectivity index (χ1n) is 7.88. The number of ether oxygens (including phenoxy) is 1. The van der Waals surface area contributed by atoms with Crippen LogP contribution >= 0.6 is 0 Å². The lowest BCUT2D eigenvalue weighted by Crippen LogP contribution is -2.50. The Kier molecular flexibility index (Phi) is 5.00. The number of aromatic nitrogens is 1. The Morgan fingerprint density at radius 1 is 1.36 bits per heavy atom. The average Bonchev–Trinajstić information content (AvgIpc) is 2.95. The molecule has 2 atom stereocenters. The van der Waals surface area contributed by atoms with Gasteiger partial charge in [0.2, 0.25) is 5.91 Å². The number of hydrogen-bond acceptors (Lipinski definition) is 4. The van der Waals surface area contributed by atoms with Crippen molar-refractivity contribution in [2.24, 2.45) is 0 Å². The Bertz CT molecular complexity index is 493. The second-order valence-electron chi connectivity index (χ2n) is 5.85. The summed E-state index contributed by atoms with van der Waals surface area (Å²) in [6, 6.07) is 5.45. The van der Waals surface area contributed by atoms with Crippen molar-refractivity contribution in [3.8, 4) is 0 Å². The second kappa shape index (κ2) is 7.15. The Morgan fingerprint density at radius 3 is 2.91 bits per heavy atom. The summed E-state index contributed by atoms with van der Waals surface area (Å²) in [6.45, 7) is 3.38. The van der Waals surface area contributed by atoms with Gasteiger partial charge in [0.25, 0.3) is 0 Å². The van der Waals surface area contributed by atoms with Crippen LogP contribution in [0.1, 0.15) is 12.1 Å². The predicted octanol–water partition coefficient (Wildman–Crippen LogP) is 0.895. The smallest absolute Gasteiger partial charge is 0.240 e. The lowest BCUT2D eigenvalue weighted by Gasteiger charge is -2.32. The zero-order valence-corrected chi connectivity index (χ0v) is 12.7. The Morgan fingerprint density at radius 2 is 2.18 bits per heavy atom. The van der Waals surface area contributed by atoms with Crippen molar-refractivity contribution in [2.45, 2.75) is 25.1 Å². The molecule has 3 heterocycles. The van der Waals surface area contributed by atoms with E-state index in [4.69, 9.17) is 4.74 Å². The SMILES string of the molecule is O=C([C@@H]1C[C@@H](F)CN1CCc1ccccn1)N1CCOCC1. The van der Waals surface area contributed by atoms with E-state index in [0.717, 1.165) is 12.1 Å². The number of halogens is 1. The molecule has 0 aromatic carbocycles. The van der Waals surface area contributed by atoms with Crippen LogP contribution in [0, 0.1) is 0 Å². The van der Waals surface area contributed by atoms with Crippen molar-refractivity contribution in [2.75, 3.05) is 39.4 Å². The van der Waals surface area contributed by atoms with Crippen LogP contribution in [0.15, 0.2) is 24.4 Å². The van der Waals surface area contributed by atoms with Gasteiger partial charge in [-0.1, -0.05) is 6.07 Å². The quantitative estimate of drug-likeness (QED) is 0.829. The fraction of sp³-hybridized carbons (Fsp3) is 0.625. The third kappa shape index (κ3) is 3.62. The number of rotatable bonds is 4. The summed E-state index contributed by atoms with van der Waals surface area (Å²) in [6.07, 6.45) is 1.88. The van der Waals surface area contributed by atoms with Crippen LogP contribution in [0.4, 0.5) is 4.39 Å². The van der Waals surface area contributed by atoms with Gasteiger partial charge in [-0.15, -0.1) is 0 Å².